The van der Waals surface area contributed by atoms with Gasteiger partial charge in [-0.1, -0.05) is 0 Å². The molecule has 0 aliphatic carbocycles. The van der Waals surface area contributed by atoms with Crippen molar-refractivity contribution in [3.8, 4) is 0 Å². The molecule has 106 valence electrons. The third-order valence-corrected chi connectivity index (χ3v) is 5.67. The minimum atomic E-state index is 1.09. The molecule has 0 fully saturated rings. The second kappa shape index (κ2) is 8.32. The highest BCUT2D eigenvalue weighted by molar-refractivity contribution is 8.66. The zero-order chi connectivity index (χ0) is 14.2. The zero-order valence-corrected chi connectivity index (χ0v) is 13.9. The van der Waals surface area contributed by atoms with Crippen LogP contribution in [0.5, 0.6) is 0 Å². The van der Waals surface area contributed by atoms with Gasteiger partial charge in [0, 0.05) is 35.1 Å². The van der Waals surface area contributed by atoms with E-state index in [1.54, 1.807) is 0 Å². The number of pyridine rings is 2. The number of thiol groups is 1. The van der Waals surface area contributed by atoms with E-state index in [1.165, 1.54) is 33.4 Å². The average Bonchev–Trinajstić information content (AvgIpc) is 2.46. The Bertz CT molecular complexity index is 460. The van der Waals surface area contributed by atoms with Crippen LogP contribution in [0.1, 0.15) is 11.1 Å². The molecule has 0 aromatic carbocycles. The van der Waals surface area contributed by atoms with E-state index in [4.69, 9.17) is 0 Å². The molecule has 0 saturated heterocycles. The lowest BCUT2D eigenvalue weighted by Gasteiger charge is -1.95. The molecular weight excluding hydrogens is 284 g/mol. The fraction of sp³-hybridized carbons (Fsp3) is 0.375. The van der Waals surface area contributed by atoms with Crippen LogP contribution in [0.2, 0.25) is 0 Å². The van der Waals surface area contributed by atoms with Crippen molar-refractivity contribution >= 4 is 21.6 Å². The van der Waals surface area contributed by atoms with Crippen LogP contribution in [0.4, 0.5) is 0 Å². The lowest BCUT2D eigenvalue weighted by atomic mass is 10.3. The largest absolute Gasteiger partial charge is 0.204 e. The van der Waals surface area contributed by atoms with Crippen LogP contribution in [0.15, 0.2) is 49.1 Å². The normalized spacial score (nSPS) is 10.7. The number of hydrogen-bond donors (Lipinski definition) is 0. The van der Waals surface area contributed by atoms with E-state index in [0.717, 1.165) is 13.1 Å². The number of aromatic nitrogens is 2. The van der Waals surface area contributed by atoms with E-state index >= 15 is 0 Å². The number of aryl methyl sites for hydroxylation is 4. The molecule has 0 N–H and O–H groups in total. The predicted molar refractivity (Wildman–Crippen MR) is 88.8 cm³/mol. The Morgan fingerprint density at radius 1 is 0.850 bits per heavy atom. The van der Waals surface area contributed by atoms with Crippen LogP contribution >= 0.6 is 10.8 Å². The van der Waals surface area contributed by atoms with Gasteiger partial charge < -0.3 is 0 Å². The summed E-state index contributed by atoms with van der Waals surface area (Å²) in [4.78, 5) is 0. The molecule has 0 amide bonds. The molecule has 0 radical (unpaired) electrons. The van der Waals surface area contributed by atoms with E-state index in [2.05, 4.69) is 72.0 Å². The number of hydrogen-bond acceptors (Lipinski definition) is 1. The van der Waals surface area contributed by atoms with Gasteiger partial charge in [0.25, 0.3) is 0 Å². The van der Waals surface area contributed by atoms with Gasteiger partial charge in [-0.2, -0.15) is 0 Å². The minimum absolute atomic E-state index is 1.09. The highest BCUT2D eigenvalue weighted by Crippen LogP contribution is 2.02. The summed E-state index contributed by atoms with van der Waals surface area (Å²) < 4.78 is 4.51. The topological polar surface area (TPSA) is 7.76 Å². The van der Waals surface area contributed by atoms with Gasteiger partial charge in [-0.05, 0) is 25.0 Å². The first-order chi connectivity index (χ1) is 9.74. The monoisotopic (exact) mass is 307 g/mol. The highest BCUT2D eigenvalue weighted by Gasteiger charge is 2.07. The third kappa shape index (κ3) is 5.55. The molecule has 2 nitrogen and oxygen atoms in total. The van der Waals surface area contributed by atoms with Gasteiger partial charge in [-0.25, -0.2) is 9.13 Å². The molecule has 2 rings (SSSR count). The average molecular weight is 308 g/mol. The SMILES string of the molecule is Cc1cc[n+](CCS[SH+]CC[n+]2ccc(C)cc2)cc1. The summed E-state index contributed by atoms with van der Waals surface area (Å²) >= 11 is 0. The van der Waals surface area contributed by atoms with Gasteiger partial charge in [0.1, 0.15) is 5.75 Å². The summed E-state index contributed by atoms with van der Waals surface area (Å²) in [7, 11) is 3.48. The van der Waals surface area contributed by atoms with Gasteiger partial charge in [-0.15, -0.1) is 0 Å². The van der Waals surface area contributed by atoms with Crippen LogP contribution in [0.25, 0.3) is 0 Å². The highest BCUT2D eigenvalue weighted by atomic mass is 33.1. The van der Waals surface area contributed by atoms with Crippen molar-refractivity contribution in [2.75, 3.05) is 11.5 Å². The Morgan fingerprint density at radius 2 is 1.35 bits per heavy atom. The first-order valence-electron chi connectivity index (χ1n) is 6.94. The Kier molecular flexibility index (Phi) is 6.40. The first-order valence-corrected chi connectivity index (χ1v) is 9.61. The maximum Gasteiger partial charge on any atom is 0.193 e. The second-order valence-electron chi connectivity index (χ2n) is 4.91. The summed E-state index contributed by atoms with van der Waals surface area (Å²) in [6.45, 7) is 6.45. The Morgan fingerprint density at radius 3 is 1.90 bits per heavy atom. The molecule has 0 unspecified atom stereocenters. The molecule has 0 saturated carbocycles. The smallest absolute Gasteiger partial charge is 0.193 e. The molecule has 4 heteroatoms. The summed E-state index contributed by atoms with van der Waals surface area (Å²) in [5.41, 5.74) is 2.64. The van der Waals surface area contributed by atoms with Crippen molar-refractivity contribution in [2.45, 2.75) is 26.9 Å². The number of rotatable bonds is 7. The van der Waals surface area contributed by atoms with Crippen molar-refractivity contribution in [1.82, 2.24) is 0 Å². The predicted octanol–water partition coefficient (Wildman–Crippen LogP) is 2.04. The molecule has 0 atom stereocenters. The van der Waals surface area contributed by atoms with E-state index in [0.29, 0.717) is 0 Å². The van der Waals surface area contributed by atoms with Crippen molar-refractivity contribution in [3.63, 3.8) is 0 Å². The molecule has 2 aromatic heterocycles. The van der Waals surface area contributed by atoms with E-state index in [1.807, 2.05) is 10.8 Å². The molecule has 20 heavy (non-hydrogen) atoms. The van der Waals surface area contributed by atoms with Crippen LogP contribution in [0, 0.1) is 13.8 Å². The Balaban J connectivity index is 1.57. The second-order valence-corrected chi connectivity index (χ2v) is 7.83. The van der Waals surface area contributed by atoms with E-state index in [9.17, 15) is 0 Å². The fourth-order valence-electron chi connectivity index (χ4n) is 1.79. The van der Waals surface area contributed by atoms with Crippen LogP contribution < -0.4 is 9.13 Å². The molecule has 0 aliphatic rings. The molecule has 2 heterocycles. The lowest BCUT2D eigenvalue weighted by Crippen LogP contribution is -2.35. The van der Waals surface area contributed by atoms with Crippen LogP contribution in [0.3, 0.4) is 0 Å². The zero-order valence-electron chi connectivity index (χ0n) is 12.2. The standard InChI is InChI=1S/C16H22N2S2/c1-15-3-7-17(8-4-15)11-13-19-20-14-12-18-9-5-16(2)6-10-18/h3-10H,11-14H2,1-2H3/q+2/p+1. The Hall–Kier alpha value is -1.00. The van der Waals surface area contributed by atoms with E-state index < -0.39 is 0 Å². The van der Waals surface area contributed by atoms with Crippen LogP contribution in [-0.4, -0.2) is 11.5 Å². The lowest BCUT2D eigenvalue weighted by molar-refractivity contribution is -0.692. The summed E-state index contributed by atoms with van der Waals surface area (Å²) in [6.07, 6.45) is 8.65. The molecule has 0 aliphatic heterocycles. The van der Waals surface area contributed by atoms with Gasteiger partial charge in [0.15, 0.2) is 43.6 Å². The maximum atomic E-state index is 2.26. The van der Waals surface area contributed by atoms with Gasteiger partial charge in [0.05, 0.1) is 10.8 Å². The molecule has 2 aromatic rings. The van der Waals surface area contributed by atoms with Crippen molar-refractivity contribution in [3.05, 3.63) is 60.2 Å². The van der Waals surface area contributed by atoms with Crippen molar-refractivity contribution < 1.29 is 9.13 Å². The van der Waals surface area contributed by atoms with Crippen molar-refractivity contribution in [1.29, 1.82) is 0 Å². The number of nitrogens with zero attached hydrogens (tertiary/aromatic N) is 2. The summed E-state index contributed by atoms with van der Waals surface area (Å²) in [5.74, 6) is 2.38. The van der Waals surface area contributed by atoms with Gasteiger partial charge in [-0.3, -0.25) is 0 Å². The fourth-order valence-corrected chi connectivity index (χ4v) is 3.92. The molecule has 0 spiro atoms. The van der Waals surface area contributed by atoms with Crippen molar-refractivity contribution in [2.24, 2.45) is 0 Å². The first kappa shape index (κ1) is 15.4. The summed E-state index contributed by atoms with van der Waals surface area (Å²) in [5, 5.41) is 0. The summed E-state index contributed by atoms with van der Waals surface area (Å²) in [6, 6.07) is 8.66. The quantitative estimate of drug-likeness (QED) is 0.250. The van der Waals surface area contributed by atoms with Gasteiger partial charge >= 0.3 is 0 Å². The van der Waals surface area contributed by atoms with E-state index in [-0.39, 0.29) is 0 Å². The molecule has 0 bridgehead atoms. The molecular formula is C16H23N2S2+3. The van der Waals surface area contributed by atoms with Crippen LogP contribution in [-0.2, 0) is 23.9 Å². The minimum Gasteiger partial charge on any atom is -0.204 e. The van der Waals surface area contributed by atoms with Gasteiger partial charge in [0.2, 0.25) is 0 Å². The third-order valence-electron chi connectivity index (χ3n) is 3.10. The Labute approximate surface area is 129 Å². The maximum absolute atomic E-state index is 2.26.